The molecule has 0 spiro atoms. The third kappa shape index (κ3) is 2.71. The number of anilines is 2. The van der Waals surface area contributed by atoms with E-state index in [1.54, 1.807) is 0 Å². The van der Waals surface area contributed by atoms with E-state index in [1.165, 1.54) is 6.33 Å². The van der Waals surface area contributed by atoms with E-state index in [2.05, 4.69) is 16.9 Å². The van der Waals surface area contributed by atoms with Crippen molar-refractivity contribution in [2.75, 3.05) is 30.3 Å². The second-order valence-corrected chi connectivity index (χ2v) is 6.22. The van der Waals surface area contributed by atoms with Gasteiger partial charge in [-0.15, -0.1) is 0 Å². The highest BCUT2D eigenvalue weighted by molar-refractivity contribution is 5.77. The van der Waals surface area contributed by atoms with Crippen LogP contribution in [0.4, 0.5) is 16.0 Å². The molecule has 2 aliphatic heterocycles. The second-order valence-electron chi connectivity index (χ2n) is 6.22. The number of nitrogen functional groups attached to an aromatic ring is 1. The topological polar surface area (TPSA) is 75.4 Å². The molecule has 7 heteroatoms. The number of amides is 1. The lowest BCUT2D eigenvalue weighted by atomic mass is 9.90. The van der Waals surface area contributed by atoms with Crippen LogP contribution in [0.25, 0.3) is 0 Å². The minimum Gasteiger partial charge on any atom is -0.381 e. The molecule has 0 radical (unpaired) electrons. The van der Waals surface area contributed by atoms with E-state index in [0.717, 1.165) is 25.8 Å². The van der Waals surface area contributed by atoms with Crippen LogP contribution in [0.15, 0.2) is 6.33 Å². The standard InChI is InChI=1S/C15H22FN5O/c1-10-5-7-20(15-13(16)14(17)18-9-19-15)8-11(10)21-6-3-2-4-12(21)22/h9-11H,2-8H2,1H3,(H2,17,18,19)/t10-,11-/m0/s1. The lowest BCUT2D eigenvalue weighted by Gasteiger charge is -2.44. The van der Waals surface area contributed by atoms with Crippen molar-refractivity contribution in [1.82, 2.24) is 14.9 Å². The van der Waals surface area contributed by atoms with Crippen LogP contribution < -0.4 is 10.6 Å². The van der Waals surface area contributed by atoms with Crippen molar-refractivity contribution >= 4 is 17.5 Å². The van der Waals surface area contributed by atoms with Gasteiger partial charge in [0.2, 0.25) is 11.7 Å². The first-order valence-electron chi connectivity index (χ1n) is 7.88. The van der Waals surface area contributed by atoms with Crippen LogP contribution in [0.5, 0.6) is 0 Å². The van der Waals surface area contributed by atoms with Gasteiger partial charge in [-0.2, -0.15) is 4.39 Å². The molecular formula is C15H22FN5O. The summed E-state index contributed by atoms with van der Waals surface area (Å²) in [5.41, 5.74) is 5.54. The normalized spacial score (nSPS) is 26.4. The zero-order valence-corrected chi connectivity index (χ0v) is 12.8. The summed E-state index contributed by atoms with van der Waals surface area (Å²) in [6, 6.07) is 0.108. The Morgan fingerprint density at radius 1 is 1.32 bits per heavy atom. The van der Waals surface area contributed by atoms with E-state index in [1.807, 2.05) is 9.80 Å². The highest BCUT2D eigenvalue weighted by atomic mass is 19.1. The molecule has 2 N–H and O–H groups in total. The number of hydrogen-bond donors (Lipinski definition) is 1. The van der Waals surface area contributed by atoms with Crippen molar-refractivity contribution in [3.8, 4) is 0 Å². The van der Waals surface area contributed by atoms with Gasteiger partial charge in [0.15, 0.2) is 11.6 Å². The average molecular weight is 307 g/mol. The van der Waals surface area contributed by atoms with Crippen molar-refractivity contribution in [2.24, 2.45) is 5.92 Å². The quantitative estimate of drug-likeness (QED) is 0.894. The largest absolute Gasteiger partial charge is 0.381 e. The van der Waals surface area contributed by atoms with Gasteiger partial charge in [-0.05, 0) is 25.2 Å². The molecule has 1 aromatic rings. The van der Waals surface area contributed by atoms with E-state index in [4.69, 9.17) is 5.73 Å². The summed E-state index contributed by atoms with van der Waals surface area (Å²) < 4.78 is 14.2. The fraction of sp³-hybridized carbons (Fsp3) is 0.667. The molecule has 1 aromatic heterocycles. The van der Waals surface area contributed by atoms with Crippen molar-refractivity contribution in [1.29, 1.82) is 0 Å². The van der Waals surface area contributed by atoms with Crippen molar-refractivity contribution in [3.05, 3.63) is 12.1 Å². The van der Waals surface area contributed by atoms with Gasteiger partial charge in [-0.1, -0.05) is 6.92 Å². The van der Waals surface area contributed by atoms with Gasteiger partial charge in [-0.3, -0.25) is 4.79 Å². The predicted molar refractivity (Wildman–Crippen MR) is 81.7 cm³/mol. The van der Waals surface area contributed by atoms with E-state index in [0.29, 0.717) is 25.4 Å². The molecular weight excluding hydrogens is 285 g/mol. The Labute approximate surface area is 129 Å². The summed E-state index contributed by atoms with van der Waals surface area (Å²) in [5.74, 6) is 0.164. The smallest absolute Gasteiger partial charge is 0.222 e. The Balaban J connectivity index is 1.81. The molecule has 6 nitrogen and oxygen atoms in total. The molecule has 2 fully saturated rings. The lowest BCUT2D eigenvalue weighted by Crippen LogP contribution is -2.55. The zero-order chi connectivity index (χ0) is 15.7. The third-order valence-corrected chi connectivity index (χ3v) is 4.78. The first-order chi connectivity index (χ1) is 10.6. The molecule has 2 atom stereocenters. The number of nitrogens with two attached hydrogens (primary N) is 1. The van der Waals surface area contributed by atoms with Gasteiger partial charge < -0.3 is 15.5 Å². The molecule has 2 saturated heterocycles. The first-order valence-corrected chi connectivity index (χ1v) is 7.88. The Morgan fingerprint density at radius 3 is 2.91 bits per heavy atom. The van der Waals surface area contributed by atoms with Gasteiger partial charge in [0.1, 0.15) is 6.33 Å². The van der Waals surface area contributed by atoms with E-state index in [9.17, 15) is 9.18 Å². The molecule has 1 amide bonds. The third-order valence-electron chi connectivity index (χ3n) is 4.78. The van der Waals surface area contributed by atoms with Crippen molar-refractivity contribution < 1.29 is 9.18 Å². The number of halogens is 1. The monoisotopic (exact) mass is 307 g/mol. The first kappa shape index (κ1) is 15.0. The maximum absolute atomic E-state index is 14.2. The maximum Gasteiger partial charge on any atom is 0.222 e. The molecule has 0 aromatic carbocycles. The molecule has 22 heavy (non-hydrogen) atoms. The maximum atomic E-state index is 14.2. The Hall–Kier alpha value is -1.92. The number of likely N-dealkylation sites (tertiary alicyclic amines) is 1. The summed E-state index contributed by atoms with van der Waals surface area (Å²) in [5, 5.41) is 0. The van der Waals surface area contributed by atoms with Gasteiger partial charge in [0, 0.05) is 26.1 Å². The summed E-state index contributed by atoms with van der Waals surface area (Å²) in [6.45, 7) is 4.28. The highest BCUT2D eigenvalue weighted by Gasteiger charge is 2.35. The SMILES string of the molecule is C[C@H]1CCN(c2ncnc(N)c2F)C[C@@H]1N1CCCCC1=O. The van der Waals surface area contributed by atoms with Gasteiger partial charge in [0.25, 0.3) is 0 Å². The number of hydrogen-bond acceptors (Lipinski definition) is 5. The Bertz CT molecular complexity index is 567. The summed E-state index contributed by atoms with van der Waals surface area (Å²) in [6.07, 6.45) is 4.82. The molecule has 120 valence electrons. The van der Waals surface area contributed by atoms with Gasteiger partial charge in [-0.25, -0.2) is 9.97 Å². The highest BCUT2D eigenvalue weighted by Crippen LogP contribution is 2.29. The van der Waals surface area contributed by atoms with Crippen molar-refractivity contribution in [3.63, 3.8) is 0 Å². The van der Waals surface area contributed by atoms with Crippen LogP contribution in [0, 0.1) is 11.7 Å². The molecule has 0 aliphatic carbocycles. The van der Waals surface area contributed by atoms with Crippen LogP contribution in [0.1, 0.15) is 32.6 Å². The number of rotatable bonds is 2. The van der Waals surface area contributed by atoms with Crippen molar-refractivity contribution in [2.45, 2.75) is 38.6 Å². The average Bonchev–Trinajstić information content (AvgIpc) is 2.52. The lowest BCUT2D eigenvalue weighted by molar-refractivity contribution is -0.137. The summed E-state index contributed by atoms with van der Waals surface area (Å²) in [4.78, 5) is 23.8. The number of carbonyl (C=O) groups is 1. The molecule has 3 heterocycles. The Morgan fingerprint density at radius 2 is 2.14 bits per heavy atom. The van der Waals surface area contributed by atoms with Crippen LogP contribution in [0.2, 0.25) is 0 Å². The van der Waals surface area contributed by atoms with E-state index in [-0.39, 0.29) is 23.6 Å². The molecule has 0 unspecified atom stereocenters. The fourth-order valence-corrected chi connectivity index (χ4v) is 3.42. The fourth-order valence-electron chi connectivity index (χ4n) is 3.42. The molecule has 3 rings (SSSR count). The molecule has 2 aliphatic rings. The van der Waals surface area contributed by atoms with Gasteiger partial charge in [0.05, 0.1) is 6.04 Å². The minimum absolute atomic E-state index is 0.108. The molecule has 0 saturated carbocycles. The number of piperidine rings is 2. The van der Waals surface area contributed by atoms with Gasteiger partial charge >= 0.3 is 0 Å². The number of nitrogens with zero attached hydrogens (tertiary/aromatic N) is 4. The van der Waals surface area contributed by atoms with Crippen LogP contribution in [0.3, 0.4) is 0 Å². The zero-order valence-electron chi connectivity index (χ0n) is 12.8. The second kappa shape index (κ2) is 6.06. The Kier molecular flexibility index (Phi) is 4.13. The molecule has 0 bridgehead atoms. The van der Waals surface area contributed by atoms with E-state index >= 15 is 0 Å². The van der Waals surface area contributed by atoms with Crippen LogP contribution in [-0.2, 0) is 4.79 Å². The van der Waals surface area contributed by atoms with Crippen LogP contribution >= 0.6 is 0 Å². The number of aromatic nitrogens is 2. The van der Waals surface area contributed by atoms with Crippen LogP contribution in [-0.4, -0.2) is 46.5 Å². The summed E-state index contributed by atoms with van der Waals surface area (Å²) in [7, 11) is 0. The predicted octanol–water partition coefficient (Wildman–Crippen LogP) is 1.43. The number of carbonyl (C=O) groups excluding carboxylic acids is 1. The minimum atomic E-state index is -0.569. The van der Waals surface area contributed by atoms with E-state index < -0.39 is 5.82 Å². The summed E-state index contributed by atoms with van der Waals surface area (Å²) >= 11 is 0.